The van der Waals surface area contributed by atoms with Gasteiger partial charge in [-0.3, -0.25) is 0 Å². The molecule has 1 aromatic rings. The van der Waals surface area contributed by atoms with Crippen LogP contribution in [0.4, 0.5) is 0 Å². The van der Waals surface area contributed by atoms with Gasteiger partial charge in [0.25, 0.3) is 0 Å². The van der Waals surface area contributed by atoms with Crippen molar-refractivity contribution in [2.45, 2.75) is 145 Å². The van der Waals surface area contributed by atoms with Gasteiger partial charge in [-0.2, -0.15) is 0 Å². The SMILES string of the molecule is COc1c(O)c(C)c(C/C=C(\C)CCCC(C)CCCC(C)CC/C=C(\C)CC/C=C(\C)CCCC(C)C)c(O)c1OC. The molecule has 0 saturated carbocycles. The maximum absolute atomic E-state index is 10.7. The van der Waals surface area contributed by atoms with Crippen LogP contribution in [0.1, 0.15) is 143 Å². The van der Waals surface area contributed by atoms with Crippen LogP contribution in [0.3, 0.4) is 0 Å². The van der Waals surface area contributed by atoms with Gasteiger partial charge in [0.15, 0.2) is 11.5 Å². The second-order valence-corrected chi connectivity index (χ2v) is 13.7. The van der Waals surface area contributed by atoms with E-state index in [1.54, 1.807) is 18.1 Å². The van der Waals surface area contributed by atoms with E-state index in [0.29, 0.717) is 17.5 Å². The van der Waals surface area contributed by atoms with Crippen molar-refractivity contribution in [1.29, 1.82) is 0 Å². The third kappa shape index (κ3) is 15.3. The second-order valence-electron chi connectivity index (χ2n) is 13.7. The summed E-state index contributed by atoms with van der Waals surface area (Å²) in [6, 6.07) is 0. The molecule has 1 aromatic carbocycles. The summed E-state index contributed by atoms with van der Waals surface area (Å²) < 4.78 is 10.5. The largest absolute Gasteiger partial charge is 0.504 e. The summed E-state index contributed by atoms with van der Waals surface area (Å²) in [6.45, 7) is 18.0. The van der Waals surface area contributed by atoms with Crippen molar-refractivity contribution >= 4 is 0 Å². The van der Waals surface area contributed by atoms with Gasteiger partial charge in [0.1, 0.15) is 0 Å². The molecule has 0 aromatic heterocycles. The van der Waals surface area contributed by atoms with Gasteiger partial charge < -0.3 is 19.7 Å². The number of ether oxygens (including phenoxy) is 2. The number of allylic oxidation sites excluding steroid dienone is 6. The topological polar surface area (TPSA) is 58.9 Å². The quantitative estimate of drug-likeness (QED) is 0.103. The van der Waals surface area contributed by atoms with E-state index in [-0.39, 0.29) is 23.0 Å². The van der Waals surface area contributed by atoms with E-state index < -0.39 is 0 Å². The Kier molecular flexibility index (Phi) is 19.2. The Bertz CT molecular complexity index is 1030. The van der Waals surface area contributed by atoms with Crippen molar-refractivity contribution in [2.24, 2.45) is 17.8 Å². The molecule has 0 aliphatic heterocycles. The Morgan fingerprint density at radius 3 is 1.72 bits per heavy atom. The highest BCUT2D eigenvalue weighted by atomic mass is 16.5. The van der Waals surface area contributed by atoms with Crippen molar-refractivity contribution < 1.29 is 19.7 Å². The molecule has 0 radical (unpaired) electrons. The Labute approximate surface area is 265 Å². The third-order valence-electron chi connectivity index (χ3n) is 8.99. The van der Waals surface area contributed by atoms with Crippen LogP contribution >= 0.6 is 0 Å². The van der Waals surface area contributed by atoms with E-state index in [9.17, 15) is 10.2 Å². The fraction of sp³-hybridized carbons (Fsp3) is 0.692. The molecule has 0 fully saturated rings. The normalized spacial score (nSPS) is 14.3. The molecule has 0 amide bonds. The van der Waals surface area contributed by atoms with Gasteiger partial charge in [-0.15, -0.1) is 0 Å². The van der Waals surface area contributed by atoms with E-state index in [2.05, 4.69) is 66.7 Å². The van der Waals surface area contributed by atoms with Gasteiger partial charge in [-0.1, -0.05) is 94.7 Å². The van der Waals surface area contributed by atoms with Crippen molar-refractivity contribution in [1.82, 2.24) is 0 Å². The minimum Gasteiger partial charge on any atom is -0.504 e. The van der Waals surface area contributed by atoms with Crippen molar-refractivity contribution in [3.05, 3.63) is 46.1 Å². The van der Waals surface area contributed by atoms with Gasteiger partial charge >= 0.3 is 0 Å². The highest BCUT2D eigenvalue weighted by molar-refractivity contribution is 5.66. The van der Waals surface area contributed by atoms with Gasteiger partial charge in [0, 0.05) is 11.1 Å². The van der Waals surface area contributed by atoms with Crippen molar-refractivity contribution in [2.75, 3.05) is 14.2 Å². The maximum Gasteiger partial charge on any atom is 0.207 e. The molecule has 0 bridgehead atoms. The molecule has 4 nitrogen and oxygen atoms in total. The molecule has 2 N–H and O–H groups in total. The highest BCUT2D eigenvalue weighted by Gasteiger charge is 2.22. The first-order valence-corrected chi connectivity index (χ1v) is 17.0. The number of benzene rings is 1. The number of phenols is 2. The van der Waals surface area contributed by atoms with Gasteiger partial charge in [-0.25, -0.2) is 0 Å². The van der Waals surface area contributed by atoms with Crippen LogP contribution in [0.5, 0.6) is 23.0 Å². The molecule has 0 heterocycles. The summed E-state index contributed by atoms with van der Waals surface area (Å²) in [5, 5.41) is 21.2. The summed E-state index contributed by atoms with van der Waals surface area (Å²) in [5.41, 5.74) is 5.72. The van der Waals surface area contributed by atoms with Crippen LogP contribution in [-0.4, -0.2) is 24.4 Å². The first-order chi connectivity index (χ1) is 20.4. The van der Waals surface area contributed by atoms with Gasteiger partial charge in [0.05, 0.1) is 14.2 Å². The van der Waals surface area contributed by atoms with E-state index in [1.165, 1.54) is 96.8 Å². The minimum atomic E-state index is 0.0224. The number of phenolic OH excluding ortho intramolecular Hbond substituents is 2. The van der Waals surface area contributed by atoms with Gasteiger partial charge in [0.2, 0.25) is 11.5 Å². The zero-order valence-electron chi connectivity index (χ0n) is 29.6. The fourth-order valence-corrected chi connectivity index (χ4v) is 5.84. The summed E-state index contributed by atoms with van der Waals surface area (Å²) >= 11 is 0. The van der Waals surface area contributed by atoms with Crippen LogP contribution in [0.15, 0.2) is 34.9 Å². The van der Waals surface area contributed by atoms with E-state index in [0.717, 1.165) is 24.2 Å². The zero-order chi connectivity index (χ0) is 32.4. The Morgan fingerprint density at radius 2 is 1.12 bits per heavy atom. The molecule has 0 aliphatic carbocycles. The maximum atomic E-state index is 10.7. The lowest BCUT2D eigenvalue weighted by atomic mass is 9.92. The number of hydrogen-bond acceptors (Lipinski definition) is 4. The van der Waals surface area contributed by atoms with E-state index in [4.69, 9.17) is 9.47 Å². The summed E-state index contributed by atoms with van der Waals surface area (Å²) in [7, 11) is 2.93. The molecule has 246 valence electrons. The number of methoxy groups -OCH3 is 2. The summed E-state index contributed by atoms with van der Waals surface area (Å²) in [4.78, 5) is 0. The lowest BCUT2D eigenvalue weighted by Gasteiger charge is -2.17. The van der Waals surface area contributed by atoms with Crippen molar-refractivity contribution in [3.8, 4) is 23.0 Å². The molecule has 0 saturated heterocycles. The Hall–Kier alpha value is -2.36. The van der Waals surface area contributed by atoms with Crippen molar-refractivity contribution in [3.63, 3.8) is 0 Å². The molecule has 0 aliphatic rings. The Morgan fingerprint density at radius 1 is 0.628 bits per heavy atom. The van der Waals surface area contributed by atoms with Gasteiger partial charge in [-0.05, 0) is 103 Å². The smallest absolute Gasteiger partial charge is 0.207 e. The molecular weight excluding hydrogens is 532 g/mol. The number of rotatable bonds is 22. The summed E-state index contributed by atoms with van der Waals surface area (Å²) in [5.74, 6) is 2.78. The minimum absolute atomic E-state index is 0.0224. The van der Waals surface area contributed by atoms with Crippen LogP contribution in [-0.2, 0) is 6.42 Å². The molecule has 1 rings (SSSR count). The first-order valence-electron chi connectivity index (χ1n) is 17.0. The average molecular weight is 599 g/mol. The van der Waals surface area contributed by atoms with E-state index >= 15 is 0 Å². The van der Waals surface area contributed by atoms with Crippen LogP contribution in [0, 0.1) is 24.7 Å². The highest BCUT2D eigenvalue weighted by Crippen LogP contribution is 2.48. The Balaban J connectivity index is 2.30. The molecule has 43 heavy (non-hydrogen) atoms. The monoisotopic (exact) mass is 598 g/mol. The second kappa shape index (κ2) is 21.4. The lowest BCUT2D eigenvalue weighted by Crippen LogP contribution is -1.99. The molecule has 2 atom stereocenters. The third-order valence-corrected chi connectivity index (χ3v) is 8.99. The number of hydrogen-bond donors (Lipinski definition) is 2. The standard InChI is InChI=1S/C39H66O4/c1-28(2)16-11-17-29(3)18-12-19-30(4)20-13-21-31(5)22-14-23-32(6)24-15-25-33(7)26-27-35-34(8)36(40)38(42-9)39(43-10)37(35)41/h18,20,26,28,31-32,40-41H,11-17,19,21-25,27H2,1-10H3/b29-18+,30-20+,33-26+. The predicted octanol–water partition coefficient (Wildman–Crippen LogP) is 11.8. The van der Waals surface area contributed by atoms with Crippen LogP contribution in [0.2, 0.25) is 0 Å². The molecular formula is C39H66O4. The lowest BCUT2D eigenvalue weighted by molar-refractivity contribution is 0.314. The summed E-state index contributed by atoms with van der Waals surface area (Å²) in [6.07, 6.45) is 23.9. The molecule has 0 spiro atoms. The zero-order valence-corrected chi connectivity index (χ0v) is 29.6. The number of aromatic hydroxyl groups is 2. The fourth-order valence-electron chi connectivity index (χ4n) is 5.84. The molecule has 4 heteroatoms. The van der Waals surface area contributed by atoms with Crippen LogP contribution < -0.4 is 9.47 Å². The van der Waals surface area contributed by atoms with Crippen LogP contribution in [0.25, 0.3) is 0 Å². The average Bonchev–Trinajstić information content (AvgIpc) is 2.94. The first kappa shape index (κ1) is 38.7. The molecule has 2 unspecified atom stereocenters. The predicted molar refractivity (Wildman–Crippen MR) is 186 cm³/mol. The van der Waals surface area contributed by atoms with E-state index in [1.807, 2.05) is 0 Å².